The maximum absolute atomic E-state index is 13.4. The third-order valence-electron chi connectivity index (χ3n) is 2.46. The van der Waals surface area contributed by atoms with Crippen LogP contribution in [0.2, 0.25) is 0 Å². The fourth-order valence-corrected chi connectivity index (χ4v) is 2.35. The van der Waals surface area contributed by atoms with E-state index in [2.05, 4.69) is 22.6 Å². The second-order valence-electron chi connectivity index (χ2n) is 3.50. The van der Waals surface area contributed by atoms with Crippen LogP contribution in [0.5, 0.6) is 0 Å². The van der Waals surface area contributed by atoms with E-state index in [0.717, 1.165) is 16.4 Å². The van der Waals surface area contributed by atoms with E-state index in [1.807, 2.05) is 6.07 Å². The lowest BCUT2D eigenvalue weighted by Gasteiger charge is -2.13. The van der Waals surface area contributed by atoms with Crippen LogP contribution < -0.4 is 5.73 Å². The lowest BCUT2D eigenvalue weighted by atomic mass is 10.0. The van der Waals surface area contributed by atoms with Gasteiger partial charge < -0.3 is 5.73 Å². The van der Waals surface area contributed by atoms with Gasteiger partial charge in [0.05, 0.1) is 0 Å². The fraction of sp³-hybridized carbons (Fsp3) is 0.400. The zero-order valence-electron chi connectivity index (χ0n) is 7.13. The Morgan fingerprint density at radius 3 is 2.69 bits per heavy atom. The second kappa shape index (κ2) is 3.53. The molecule has 0 bridgehead atoms. The van der Waals surface area contributed by atoms with Crippen molar-refractivity contribution < 1.29 is 4.39 Å². The third-order valence-corrected chi connectivity index (χ3v) is 3.40. The quantitative estimate of drug-likeness (QED) is 0.833. The molecule has 13 heavy (non-hydrogen) atoms. The Hall–Kier alpha value is -0.160. The maximum Gasteiger partial charge on any atom is 0.129 e. The van der Waals surface area contributed by atoms with E-state index < -0.39 is 0 Å². The minimum absolute atomic E-state index is 0.104. The zero-order valence-corrected chi connectivity index (χ0v) is 9.29. The third kappa shape index (κ3) is 1.86. The van der Waals surface area contributed by atoms with Gasteiger partial charge in [-0.3, -0.25) is 0 Å². The molecule has 0 aliphatic heterocycles. The first-order valence-corrected chi connectivity index (χ1v) is 5.47. The van der Waals surface area contributed by atoms with Crippen molar-refractivity contribution in [2.75, 3.05) is 0 Å². The molecular formula is C10H11FIN. The highest BCUT2D eigenvalue weighted by molar-refractivity contribution is 14.1. The van der Waals surface area contributed by atoms with Crippen molar-refractivity contribution in [2.24, 2.45) is 11.7 Å². The van der Waals surface area contributed by atoms with Crippen molar-refractivity contribution in [3.05, 3.63) is 33.1 Å². The summed E-state index contributed by atoms with van der Waals surface area (Å²) in [6, 6.07) is 5.01. The molecule has 1 nitrogen and oxygen atoms in total. The molecule has 70 valence electrons. The Kier molecular flexibility index (Phi) is 2.55. The SMILES string of the molecule is NC(c1c(F)cccc1I)C1CC1. The average Bonchev–Trinajstić information content (AvgIpc) is 2.85. The van der Waals surface area contributed by atoms with E-state index >= 15 is 0 Å². The molecule has 1 aliphatic rings. The van der Waals surface area contributed by atoms with Crippen LogP contribution in [0.3, 0.4) is 0 Å². The minimum atomic E-state index is -0.161. The normalized spacial score (nSPS) is 18.7. The highest BCUT2D eigenvalue weighted by Gasteiger charge is 2.32. The minimum Gasteiger partial charge on any atom is -0.324 e. The summed E-state index contributed by atoms with van der Waals surface area (Å²) in [5, 5.41) is 0. The summed E-state index contributed by atoms with van der Waals surface area (Å²) in [6.45, 7) is 0. The molecule has 0 saturated heterocycles. The van der Waals surface area contributed by atoms with Crippen LogP contribution in [0, 0.1) is 15.3 Å². The van der Waals surface area contributed by atoms with Crippen molar-refractivity contribution in [3.8, 4) is 0 Å². The van der Waals surface area contributed by atoms with Crippen LogP contribution >= 0.6 is 22.6 Å². The first-order chi connectivity index (χ1) is 6.20. The van der Waals surface area contributed by atoms with E-state index in [-0.39, 0.29) is 11.9 Å². The zero-order chi connectivity index (χ0) is 9.42. The van der Waals surface area contributed by atoms with Crippen LogP contribution in [-0.4, -0.2) is 0 Å². The standard InChI is InChI=1S/C10H11FIN/c11-7-2-1-3-8(12)9(7)10(13)6-4-5-6/h1-3,6,10H,4-5,13H2. The van der Waals surface area contributed by atoms with Gasteiger partial charge in [-0.2, -0.15) is 0 Å². The largest absolute Gasteiger partial charge is 0.324 e. The van der Waals surface area contributed by atoms with Crippen molar-refractivity contribution in [3.63, 3.8) is 0 Å². The Morgan fingerprint density at radius 1 is 1.46 bits per heavy atom. The topological polar surface area (TPSA) is 26.0 Å². The predicted octanol–water partition coefficient (Wildman–Crippen LogP) is 2.84. The van der Waals surface area contributed by atoms with Gasteiger partial charge in [-0.25, -0.2) is 4.39 Å². The highest BCUT2D eigenvalue weighted by atomic mass is 127. The maximum atomic E-state index is 13.4. The van der Waals surface area contributed by atoms with E-state index in [4.69, 9.17) is 5.73 Å². The smallest absolute Gasteiger partial charge is 0.129 e. The summed E-state index contributed by atoms with van der Waals surface area (Å²) in [5.41, 5.74) is 6.66. The van der Waals surface area contributed by atoms with E-state index in [1.165, 1.54) is 6.07 Å². The number of hydrogen-bond acceptors (Lipinski definition) is 1. The molecule has 0 radical (unpaired) electrons. The summed E-state index contributed by atoms with van der Waals surface area (Å²) < 4.78 is 14.3. The summed E-state index contributed by atoms with van der Waals surface area (Å²) in [4.78, 5) is 0. The highest BCUT2D eigenvalue weighted by Crippen LogP contribution is 2.41. The van der Waals surface area contributed by atoms with E-state index in [0.29, 0.717) is 11.5 Å². The van der Waals surface area contributed by atoms with Crippen molar-refractivity contribution >= 4 is 22.6 Å². The molecule has 1 saturated carbocycles. The molecule has 0 amide bonds. The molecule has 1 atom stereocenters. The summed E-state index contributed by atoms with van der Waals surface area (Å²) in [5.74, 6) is 0.344. The van der Waals surface area contributed by atoms with Crippen molar-refractivity contribution in [1.82, 2.24) is 0 Å². The fourth-order valence-electron chi connectivity index (χ4n) is 1.52. The molecule has 1 aliphatic carbocycles. The van der Waals surface area contributed by atoms with Crippen LogP contribution in [0.1, 0.15) is 24.4 Å². The van der Waals surface area contributed by atoms with E-state index in [1.54, 1.807) is 6.07 Å². The van der Waals surface area contributed by atoms with Gasteiger partial charge in [0.1, 0.15) is 5.82 Å². The van der Waals surface area contributed by atoms with Gasteiger partial charge in [0.15, 0.2) is 0 Å². The van der Waals surface area contributed by atoms with Crippen LogP contribution in [0.4, 0.5) is 4.39 Å². The molecule has 0 heterocycles. The van der Waals surface area contributed by atoms with Crippen LogP contribution in [0.25, 0.3) is 0 Å². The van der Waals surface area contributed by atoms with Gasteiger partial charge in [-0.05, 0) is 53.5 Å². The van der Waals surface area contributed by atoms with Gasteiger partial charge >= 0.3 is 0 Å². The molecule has 2 N–H and O–H groups in total. The first kappa shape index (κ1) is 9.40. The molecule has 1 aromatic carbocycles. The van der Waals surface area contributed by atoms with E-state index in [9.17, 15) is 4.39 Å². The summed E-state index contributed by atoms with van der Waals surface area (Å²) in [6.07, 6.45) is 2.29. The molecule has 2 rings (SSSR count). The monoisotopic (exact) mass is 291 g/mol. The number of hydrogen-bond donors (Lipinski definition) is 1. The molecule has 3 heteroatoms. The van der Waals surface area contributed by atoms with Crippen molar-refractivity contribution in [1.29, 1.82) is 0 Å². The van der Waals surface area contributed by atoms with Crippen LogP contribution in [-0.2, 0) is 0 Å². The molecule has 1 fully saturated rings. The Bertz CT molecular complexity index is 302. The van der Waals surface area contributed by atoms with Gasteiger partial charge in [0.25, 0.3) is 0 Å². The van der Waals surface area contributed by atoms with Gasteiger partial charge in [-0.15, -0.1) is 0 Å². The van der Waals surface area contributed by atoms with Gasteiger partial charge in [0.2, 0.25) is 0 Å². The molecular weight excluding hydrogens is 280 g/mol. The average molecular weight is 291 g/mol. The number of benzene rings is 1. The first-order valence-electron chi connectivity index (χ1n) is 4.39. The Labute approximate surface area is 90.7 Å². The molecule has 0 aromatic heterocycles. The van der Waals surface area contributed by atoms with Gasteiger partial charge in [-0.1, -0.05) is 6.07 Å². The van der Waals surface area contributed by atoms with Crippen LogP contribution in [0.15, 0.2) is 18.2 Å². The molecule has 0 spiro atoms. The van der Waals surface area contributed by atoms with Gasteiger partial charge in [0, 0.05) is 15.2 Å². The molecule has 1 unspecified atom stereocenters. The number of halogens is 2. The lowest BCUT2D eigenvalue weighted by molar-refractivity contribution is 0.551. The van der Waals surface area contributed by atoms with Crippen molar-refractivity contribution in [2.45, 2.75) is 18.9 Å². The Morgan fingerprint density at radius 2 is 2.15 bits per heavy atom. The Balaban J connectivity index is 2.36. The lowest BCUT2D eigenvalue weighted by Crippen LogP contribution is -2.15. The summed E-state index contributed by atoms with van der Waals surface area (Å²) >= 11 is 2.14. The number of rotatable bonds is 2. The second-order valence-corrected chi connectivity index (χ2v) is 4.66. The predicted molar refractivity (Wildman–Crippen MR) is 58.8 cm³/mol. The molecule has 1 aromatic rings. The number of nitrogens with two attached hydrogens (primary N) is 1. The summed E-state index contributed by atoms with van der Waals surface area (Å²) in [7, 11) is 0.